The van der Waals surface area contributed by atoms with Crippen LogP contribution in [-0.4, -0.2) is 39.0 Å². The van der Waals surface area contributed by atoms with Crippen LogP contribution in [0.3, 0.4) is 0 Å². The van der Waals surface area contributed by atoms with Gasteiger partial charge in [0.1, 0.15) is 0 Å². The minimum absolute atomic E-state index is 0.0296. The Morgan fingerprint density at radius 2 is 1.94 bits per heavy atom. The summed E-state index contributed by atoms with van der Waals surface area (Å²) in [6.45, 7) is 3.70. The van der Waals surface area contributed by atoms with Gasteiger partial charge in [0.25, 0.3) is 5.91 Å². The first-order valence-corrected chi connectivity index (χ1v) is 11.6. The summed E-state index contributed by atoms with van der Waals surface area (Å²) in [7, 11) is 0. The highest BCUT2D eigenvalue weighted by atomic mass is 32.2. The van der Waals surface area contributed by atoms with Crippen molar-refractivity contribution in [3.05, 3.63) is 40.7 Å². The van der Waals surface area contributed by atoms with Gasteiger partial charge < -0.3 is 11.1 Å². The summed E-state index contributed by atoms with van der Waals surface area (Å²) in [6.07, 6.45) is -2.63. The molecule has 1 aliphatic carbocycles. The number of rotatable bonds is 4. The number of amides is 1. The van der Waals surface area contributed by atoms with E-state index in [1.165, 1.54) is 16.8 Å². The molecule has 1 amide bonds. The summed E-state index contributed by atoms with van der Waals surface area (Å²) in [5, 5.41) is 7.17. The average Bonchev–Trinajstić information content (AvgIpc) is 3.07. The number of fused-ring (bicyclic) bond motifs is 1. The van der Waals surface area contributed by atoms with E-state index in [0.29, 0.717) is 11.4 Å². The second-order valence-corrected chi connectivity index (χ2v) is 10.4. The van der Waals surface area contributed by atoms with Gasteiger partial charge in [-0.2, -0.15) is 30.0 Å². The number of carbonyl (C=O) groups excluding carboxylic acids is 2. The molecule has 2 aliphatic rings. The molecule has 6 nitrogen and oxygen atoms in total. The second kappa shape index (κ2) is 8.13. The maximum atomic E-state index is 13.7. The van der Waals surface area contributed by atoms with Crippen LogP contribution in [0.4, 0.5) is 18.9 Å². The third-order valence-corrected chi connectivity index (χ3v) is 6.96. The molecular formula is C22H25F3N4O2S. The molecule has 4 rings (SSSR count). The predicted octanol–water partition coefficient (Wildman–Crippen LogP) is 4.45. The highest BCUT2D eigenvalue weighted by Gasteiger charge is 2.45. The molecule has 0 unspecified atom stereocenters. The molecule has 1 aliphatic heterocycles. The van der Waals surface area contributed by atoms with E-state index in [4.69, 9.17) is 5.73 Å². The van der Waals surface area contributed by atoms with Crippen molar-refractivity contribution in [2.45, 2.75) is 51.7 Å². The Bertz CT molecular complexity index is 1070. The maximum absolute atomic E-state index is 13.7. The van der Waals surface area contributed by atoms with Gasteiger partial charge in [-0.15, -0.1) is 0 Å². The summed E-state index contributed by atoms with van der Waals surface area (Å²) >= 11 is 1.86. The molecule has 1 fully saturated rings. The molecule has 32 heavy (non-hydrogen) atoms. The van der Waals surface area contributed by atoms with Crippen molar-refractivity contribution in [2.75, 3.05) is 16.8 Å². The van der Waals surface area contributed by atoms with E-state index < -0.39 is 29.0 Å². The minimum atomic E-state index is -4.75. The molecule has 1 aromatic heterocycles. The molecule has 0 saturated carbocycles. The SMILES string of the molecule is CC1(C)CC(=O)c2c(C(F)(F)F)nn(-c3ccc(C(N)=O)c(NC4CCSCC4)c3)c2C1. The van der Waals surface area contributed by atoms with Crippen molar-refractivity contribution in [2.24, 2.45) is 11.1 Å². The summed E-state index contributed by atoms with van der Waals surface area (Å²) in [4.78, 5) is 24.6. The fraction of sp³-hybridized carbons (Fsp3) is 0.500. The third-order valence-electron chi connectivity index (χ3n) is 5.91. The molecule has 0 spiro atoms. The van der Waals surface area contributed by atoms with Gasteiger partial charge in [-0.3, -0.25) is 9.59 Å². The monoisotopic (exact) mass is 466 g/mol. The number of nitrogens with two attached hydrogens (primary N) is 1. The molecule has 10 heteroatoms. The van der Waals surface area contributed by atoms with Crippen LogP contribution in [-0.2, 0) is 12.6 Å². The Labute approximate surface area is 188 Å². The summed E-state index contributed by atoms with van der Waals surface area (Å²) in [6, 6.07) is 4.75. The zero-order chi connectivity index (χ0) is 23.3. The zero-order valence-electron chi connectivity index (χ0n) is 17.9. The van der Waals surface area contributed by atoms with Crippen LogP contribution in [0, 0.1) is 5.41 Å². The molecule has 2 aromatic rings. The van der Waals surface area contributed by atoms with Crippen molar-refractivity contribution in [3.8, 4) is 5.69 Å². The van der Waals surface area contributed by atoms with E-state index in [2.05, 4.69) is 10.4 Å². The molecule has 1 saturated heterocycles. The number of aromatic nitrogens is 2. The number of nitrogens with one attached hydrogen (secondary N) is 1. The summed E-state index contributed by atoms with van der Waals surface area (Å²) in [5.41, 5.74) is 4.85. The number of alkyl halides is 3. The first kappa shape index (κ1) is 22.7. The van der Waals surface area contributed by atoms with Crippen LogP contribution < -0.4 is 11.1 Å². The van der Waals surface area contributed by atoms with Crippen LogP contribution in [0.1, 0.15) is 65.2 Å². The quantitative estimate of drug-likeness (QED) is 0.695. The van der Waals surface area contributed by atoms with Crippen LogP contribution in [0.5, 0.6) is 0 Å². The number of anilines is 1. The number of ketones is 1. The number of hydrogen-bond acceptors (Lipinski definition) is 5. The first-order valence-electron chi connectivity index (χ1n) is 10.5. The lowest BCUT2D eigenvalue weighted by Gasteiger charge is -2.29. The Morgan fingerprint density at radius 1 is 1.25 bits per heavy atom. The van der Waals surface area contributed by atoms with Gasteiger partial charge in [-0.25, -0.2) is 4.68 Å². The van der Waals surface area contributed by atoms with Crippen LogP contribution in [0.25, 0.3) is 5.69 Å². The second-order valence-electron chi connectivity index (χ2n) is 9.15. The fourth-order valence-corrected chi connectivity index (χ4v) is 5.53. The number of carbonyl (C=O) groups is 2. The molecule has 0 atom stereocenters. The molecule has 0 bridgehead atoms. The van der Waals surface area contributed by atoms with E-state index in [-0.39, 0.29) is 35.7 Å². The molecule has 3 N–H and O–H groups in total. The first-order chi connectivity index (χ1) is 15.0. The Hall–Kier alpha value is -2.49. The highest BCUT2D eigenvalue weighted by molar-refractivity contribution is 7.99. The topological polar surface area (TPSA) is 90.0 Å². The normalized spacial score (nSPS) is 19.0. The van der Waals surface area contributed by atoms with Crippen LogP contribution in [0.2, 0.25) is 0 Å². The standard InChI is InChI=1S/C22H25F3N4O2S/c1-21(2)10-16-18(17(30)11-21)19(22(23,24)25)28-29(16)13-3-4-14(20(26)31)15(9-13)27-12-5-7-32-8-6-12/h3-4,9,12,27H,5-8,10-11H2,1-2H3,(H2,26,31). The fourth-order valence-electron chi connectivity index (χ4n) is 4.42. The summed E-state index contributed by atoms with van der Waals surface area (Å²) < 4.78 is 42.4. The Kier molecular flexibility index (Phi) is 5.77. The third kappa shape index (κ3) is 4.37. The maximum Gasteiger partial charge on any atom is 0.435 e. The number of halogens is 3. The minimum Gasteiger partial charge on any atom is -0.382 e. The molecule has 0 radical (unpaired) electrons. The van der Waals surface area contributed by atoms with E-state index in [1.54, 1.807) is 6.07 Å². The number of Topliss-reactive ketones (excluding diaryl/α,β-unsaturated/α-hetero) is 1. The predicted molar refractivity (Wildman–Crippen MR) is 117 cm³/mol. The number of benzene rings is 1. The van der Waals surface area contributed by atoms with Gasteiger partial charge in [0.15, 0.2) is 11.5 Å². The molecule has 1 aromatic carbocycles. The number of primary amides is 1. The Morgan fingerprint density at radius 3 is 2.56 bits per heavy atom. The largest absolute Gasteiger partial charge is 0.435 e. The Balaban J connectivity index is 1.83. The molecule has 2 heterocycles. The van der Waals surface area contributed by atoms with Gasteiger partial charge >= 0.3 is 6.18 Å². The number of hydrogen-bond donors (Lipinski definition) is 2. The van der Waals surface area contributed by atoms with E-state index in [9.17, 15) is 22.8 Å². The number of thioether (sulfide) groups is 1. The smallest absolute Gasteiger partial charge is 0.382 e. The zero-order valence-corrected chi connectivity index (χ0v) is 18.7. The number of nitrogens with zero attached hydrogens (tertiary/aromatic N) is 2. The summed E-state index contributed by atoms with van der Waals surface area (Å²) in [5.74, 6) is 0.796. The lowest BCUT2D eigenvalue weighted by Crippen LogP contribution is -2.29. The average molecular weight is 467 g/mol. The van der Waals surface area contributed by atoms with Crippen molar-refractivity contribution >= 4 is 29.1 Å². The van der Waals surface area contributed by atoms with E-state index in [0.717, 1.165) is 24.3 Å². The van der Waals surface area contributed by atoms with Gasteiger partial charge in [-0.1, -0.05) is 13.8 Å². The van der Waals surface area contributed by atoms with Crippen LogP contribution >= 0.6 is 11.8 Å². The van der Waals surface area contributed by atoms with Gasteiger partial charge in [0, 0.05) is 18.2 Å². The van der Waals surface area contributed by atoms with Gasteiger partial charge in [-0.05, 0) is 54.4 Å². The van der Waals surface area contributed by atoms with Crippen molar-refractivity contribution in [1.29, 1.82) is 0 Å². The van der Waals surface area contributed by atoms with E-state index in [1.807, 2.05) is 25.6 Å². The lowest BCUT2D eigenvalue weighted by molar-refractivity contribution is -0.141. The lowest BCUT2D eigenvalue weighted by atomic mass is 9.75. The van der Waals surface area contributed by atoms with E-state index >= 15 is 0 Å². The molecule has 172 valence electrons. The molecular weight excluding hydrogens is 441 g/mol. The van der Waals surface area contributed by atoms with Crippen molar-refractivity contribution in [3.63, 3.8) is 0 Å². The van der Waals surface area contributed by atoms with Gasteiger partial charge in [0.2, 0.25) is 0 Å². The van der Waals surface area contributed by atoms with Crippen molar-refractivity contribution < 1.29 is 22.8 Å². The highest BCUT2D eigenvalue weighted by Crippen LogP contribution is 2.42. The van der Waals surface area contributed by atoms with Crippen molar-refractivity contribution in [1.82, 2.24) is 9.78 Å². The van der Waals surface area contributed by atoms with Gasteiger partial charge in [0.05, 0.1) is 22.5 Å². The van der Waals surface area contributed by atoms with Crippen LogP contribution in [0.15, 0.2) is 18.2 Å².